The molecule has 4 rings (SSSR count). The van der Waals surface area contributed by atoms with E-state index in [1.54, 1.807) is 0 Å². The lowest BCUT2D eigenvalue weighted by molar-refractivity contribution is 0.382. The predicted octanol–water partition coefficient (Wildman–Crippen LogP) is 6.28. The second kappa shape index (κ2) is 9.71. The average Bonchev–Trinajstić information content (AvgIpc) is 3.54. The molecule has 0 amide bonds. The van der Waals surface area contributed by atoms with Gasteiger partial charge in [-0.1, -0.05) is 0 Å². The van der Waals surface area contributed by atoms with Crippen molar-refractivity contribution in [2.24, 2.45) is 0 Å². The van der Waals surface area contributed by atoms with E-state index in [0.29, 0.717) is 51.4 Å². The predicted molar refractivity (Wildman–Crippen MR) is 110 cm³/mol. The molecule has 12 heteroatoms. The number of rotatable bonds is 5. The molecule has 0 saturated heterocycles. The first kappa shape index (κ1) is 25.3. The second-order valence-electron chi connectivity index (χ2n) is 8.86. The highest BCUT2D eigenvalue weighted by atomic mass is 31.1. The van der Waals surface area contributed by atoms with Crippen molar-refractivity contribution in [1.29, 1.82) is 0 Å². The zero-order chi connectivity index (χ0) is 24.9. The van der Waals surface area contributed by atoms with Crippen molar-refractivity contribution in [3.8, 4) is 0 Å². The van der Waals surface area contributed by atoms with Crippen LogP contribution < -0.4 is 10.9 Å². The van der Waals surface area contributed by atoms with Crippen LogP contribution in [-0.4, -0.2) is 17.8 Å². The van der Waals surface area contributed by atoms with Crippen molar-refractivity contribution in [3.05, 3.63) is 58.2 Å². The van der Waals surface area contributed by atoms with Gasteiger partial charge in [0.2, 0.25) is 0 Å². The molecule has 2 aromatic carbocycles. The molecule has 2 aliphatic rings. The van der Waals surface area contributed by atoms with Gasteiger partial charge in [0, 0.05) is 11.3 Å². The van der Waals surface area contributed by atoms with Crippen molar-refractivity contribution in [1.82, 2.24) is 0 Å². The molecule has 0 spiro atoms. The molecule has 185 valence electrons. The molecule has 0 unspecified atom stereocenters. The third-order valence-electron chi connectivity index (χ3n) is 7.05. The first-order chi connectivity index (χ1) is 16.1. The van der Waals surface area contributed by atoms with E-state index in [4.69, 9.17) is 0 Å². The molecule has 2 aromatic rings. The van der Waals surface area contributed by atoms with E-state index in [1.807, 2.05) is 0 Å². The molecule has 1 radical (unpaired) electrons. The van der Waals surface area contributed by atoms with E-state index < -0.39 is 83.3 Å². The third kappa shape index (κ3) is 4.01. The van der Waals surface area contributed by atoms with Gasteiger partial charge in [-0.05, 0) is 51.4 Å². The molecule has 0 aliphatic heterocycles. The van der Waals surface area contributed by atoms with E-state index in [9.17, 15) is 26.3 Å². The molecule has 2 fully saturated rings. The fourth-order valence-corrected chi connectivity index (χ4v) is 10.5. The Morgan fingerprint density at radius 1 is 0.412 bits per heavy atom. The summed E-state index contributed by atoms with van der Waals surface area (Å²) in [5, 5.41) is 0. The molecule has 2 saturated carbocycles. The van der Waals surface area contributed by atoms with Crippen LogP contribution in [0.5, 0.6) is 0 Å². The Bertz CT molecular complexity index is 968. The maximum Gasteiger partial charge on any atom is 0.200 e. The largest absolute Gasteiger partial charge is 0.207 e. The molecule has 0 bridgehead atoms. The van der Waals surface area contributed by atoms with Crippen LogP contribution in [0.3, 0.4) is 0 Å². The lowest BCUT2D eigenvalue weighted by Crippen LogP contribution is -2.52. The highest BCUT2D eigenvalue weighted by Gasteiger charge is 2.45. The summed E-state index contributed by atoms with van der Waals surface area (Å²) in [5.74, 6) is -23.5. The smallest absolute Gasteiger partial charge is 0.200 e. The molecule has 34 heavy (non-hydrogen) atoms. The number of benzene rings is 2. The van der Waals surface area contributed by atoms with Crippen molar-refractivity contribution in [3.63, 3.8) is 0 Å². The minimum Gasteiger partial charge on any atom is -0.207 e. The van der Waals surface area contributed by atoms with Gasteiger partial charge < -0.3 is 0 Å². The Kier molecular flexibility index (Phi) is 7.23. The van der Waals surface area contributed by atoms with E-state index in [1.165, 1.54) is 0 Å². The molecule has 0 N–H and O–H groups in total. The normalized spacial score (nSPS) is 17.6. The van der Waals surface area contributed by atoms with Gasteiger partial charge in [-0.3, -0.25) is 0 Å². The summed E-state index contributed by atoms with van der Waals surface area (Å²) in [6.07, 6.45) is 2.44. The van der Waals surface area contributed by atoms with Crippen LogP contribution in [-0.2, 0) is 0 Å². The molecule has 0 nitrogen and oxygen atoms in total. The summed E-state index contributed by atoms with van der Waals surface area (Å²) in [5.41, 5.74) is -3.76. The Balaban J connectivity index is 2.09. The molecule has 0 atom stereocenters. The molecule has 2 aliphatic carbocycles. The summed E-state index contributed by atoms with van der Waals surface area (Å²) in [4.78, 5) is 0. The van der Waals surface area contributed by atoms with E-state index in [2.05, 4.69) is 0 Å². The quantitative estimate of drug-likeness (QED) is 0.145. The van der Waals surface area contributed by atoms with Crippen molar-refractivity contribution >= 4 is 25.2 Å². The molecular formula is C22H19BF10P. The van der Waals surface area contributed by atoms with Crippen LogP contribution in [0.2, 0.25) is 0 Å². The Morgan fingerprint density at radius 3 is 0.912 bits per heavy atom. The summed E-state index contributed by atoms with van der Waals surface area (Å²) in [7, 11) is -2.49. The SMILES string of the molecule is Fc1c(F)c(F)c([B-](c2c(F)c(F)c(F)c(F)c2F)[PH+](C2CCCC2)C2CCCC2)c(F)c1F. The first-order valence-electron chi connectivity index (χ1n) is 11.0. The van der Waals surface area contributed by atoms with Gasteiger partial charge in [-0.15, -0.1) is 10.9 Å². The zero-order valence-corrected chi connectivity index (χ0v) is 18.7. The summed E-state index contributed by atoms with van der Waals surface area (Å²) in [6.45, 7) is 0. The van der Waals surface area contributed by atoms with Crippen LogP contribution in [0.4, 0.5) is 43.9 Å². The standard InChI is InChI=1S/C22H19BF10P/c24-13-11(14(25)18(29)21(32)17(13)28)23(12-15(26)19(30)22(33)20(31)16(12)27)34(9-5-1-2-6-9)10-7-3-4-8-10/h9-10,34H,1-8H2. The van der Waals surface area contributed by atoms with Gasteiger partial charge in [0.15, 0.2) is 34.9 Å². The summed E-state index contributed by atoms with van der Waals surface area (Å²) in [6, 6.07) is 0. The van der Waals surface area contributed by atoms with Crippen molar-refractivity contribution in [2.75, 3.05) is 0 Å². The number of halogens is 10. The maximum absolute atomic E-state index is 15.0. The monoisotopic (exact) mass is 515 g/mol. The molecule has 0 heterocycles. The Labute approximate surface area is 190 Å². The Hall–Kier alpha value is -1.77. The summed E-state index contributed by atoms with van der Waals surface area (Å²) >= 11 is 0. The van der Waals surface area contributed by atoms with Crippen LogP contribution in [0, 0.1) is 58.2 Å². The summed E-state index contributed by atoms with van der Waals surface area (Å²) < 4.78 is 144. The van der Waals surface area contributed by atoms with Crippen molar-refractivity contribution < 1.29 is 43.9 Å². The maximum atomic E-state index is 15.0. The lowest BCUT2D eigenvalue weighted by atomic mass is 9.60. The molecular weight excluding hydrogens is 496 g/mol. The number of hydrogen-bond donors (Lipinski definition) is 0. The second-order valence-corrected chi connectivity index (χ2v) is 12.1. The fraction of sp³-hybridized carbons (Fsp3) is 0.455. The molecule has 0 aromatic heterocycles. The van der Waals surface area contributed by atoms with Crippen LogP contribution in [0.15, 0.2) is 0 Å². The zero-order valence-electron chi connectivity index (χ0n) is 17.7. The van der Waals surface area contributed by atoms with Crippen LogP contribution >= 0.6 is 7.80 Å². The topological polar surface area (TPSA) is 0 Å². The highest BCUT2D eigenvalue weighted by Crippen LogP contribution is 2.59. The highest BCUT2D eigenvalue weighted by molar-refractivity contribution is 7.95. The van der Waals surface area contributed by atoms with Gasteiger partial charge in [0.05, 0.1) is 0 Å². The lowest BCUT2D eigenvalue weighted by Gasteiger charge is -2.39. The van der Waals surface area contributed by atoms with Gasteiger partial charge >= 0.3 is 0 Å². The van der Waals surface area contributed by atoms with Crippen molar-refractivity contribution in [2.45, 2.75) is 62.7 Å². The van der Waals surface area contributed by atoms with E-state index in [0.717, 1.165) is 0 Å². The van der Waals surface area contributed by atoms with Gasteiger partial charge in [-0.2, -0.15) is 7.80 Å². The third-order valence-corrected chi connectivity index (χ3v) is 11.3. The van der Waals surface area contributed by atoms with E-state index >= 15 is 17.6 Å². The van der Waals surface area contributed by atoms with Crippen LogP contribution in [0.1, 0.15) is 51.4 Å². The Morgan fingerprint density at radius 2 is 0.647 bits per heavy atom. The average molecular weight is 515 g/mol. The minimum atomic E-state index is -2.49. The van der Waals surface area contributed by atoms with E-state index in [-0.39, 0.29) is 11.3 Å². The first-order valence-corrected chi connectivity index (χ1v) is 12.7. The van der Waals surface area contributed by atoms with Gasteiger partial charge in [-0.25, -0.2) is 43.9 Å². The number of hydrogen-bond acceptors (Lipinski definition) is 0. The van der Waals surface area contributed by atoms with Gasteiger partial charge in [0.1, 0.15) is 29.7 Å². The van der Waals surface area contributed by atoms with Crippen LogP contribution in [0.25, 0.3) is 0 Å². The minimum absolute atomic E-state index is 0.358. The fourth-order valence-electron chi connectivity index (χ4n) is 5.55. The van der Waals surface area contributed by atoms with Gasteiger partial charge in [0.25, 0.3) is 0 Å².